The van der Waals surface area contributed by atoms with Crippen molar-refractivity contribution < 1.29 is 25.8 Å². The summed E-state index contributed by atoms with van der Waals surface area (Å²) < 4.78 is 61.0. The summed E-state index contributed by atoms with van der Waals surface area (Å²) in [5.41, 5.74) is -2.54. The fourth-order valence-corrected chi connectivity index (χ4v) is 2.59. The van der Waals surface area contributed by atoms with E-state index >= 15 is 0 Å². The van der Waals surface area contributed by atoms with Gasteiger partial charge in [-0.1, -0.05) is 78.9 Å². The molecule has 0 bridgehead atoms. The summed E-state index contributed by atoms with van der Waals surface area (Å²) in [5.74, 6) is -0.324. The summed E-state index contributed by atoms with van der Waals surface area (Å²) in [7, 11) is -5.57. The molecule has 0 unspecified atom stereocenters. The first-order valence-electron chi connectivity index (χ1n) is 7.87. The number of benzene rings is 3. The van der Waals surface area contributed by atoms with Crippen molar-refractivity contribution in [2.24, 2.45) is 0 Å². The van der Waals surface area contributed by atoms with E-state index in [-0.39, 0.29) is 19.2 Å². The summed E-state index contributed by atoms with van der Waals surface area (Å²) in [5, 5.41) is 0. The van der Waals surface area contributed by atoms with Gasteiger partial charge in [0, 0.05) is 0 Å². The summed E-state index contributed by atoms with van der Waals surface area (Å²) in [4.78, 5) is 0. The largest absolute Gasteiger partial charge is 0.534 e. The van der Waals surface area contributed by atoms with Gasteiger partial charge in [0.15, 0.2) is 0 Å². The third kappa shape index (κ3) is 6.61. The van der Waals surface area contributed by atoms with Gasteiger partial charge < -0.3 is 4.18 Å². The van der Waals surface area contributed by atoms with Crippen molar-refractivity contribution in [3.63, 3.8) is 0 Å². The first-order valence-corrected chi connectivity index (χ1v) is 9.28. The minimum atomic E-state index is -5.57. The van der Waals surface area contributed by atoms with Gasteiger partial charge >= 0.3 is 15.6 Å². The van der Waals surface area contributed by atoms with Gasteiger partial charge in [-0.3, -0.25) is 0 Å². The minimum absolute atomic E-state index is 0. The van der Waals surface area contributed by atoms with Crippen molar-refractivity contribution in [3.8, 4) is 16.9 Å². The van der Waals surface area contributed by atoms with Crippen LogP contribution in [0.3, 0.4) is 0 Å². The van der Waals surface area contributed by atoms with Crippen LogP contribution in [0.1, 0.15) is 5.56 Å². The molecule has 3 rings (SSSR count). The van der Waals surface area contributed by atoms with Crippen LogP contribution in [0.2, 0.25) is 0 Å². The molecule has 0 amide bonds. The van der Waals surface area contributed by atoms with E-state index in [1.807, 2.05) is 12.1 Å². The van der Waals surface area contributed by atoms with E-state index in [2.05, 4.69) is 52.7 Å². The van der Waals surface area contributed by atoms with E-state index in [4.69, 9.17) is 0 Å². The quantitative estimate of drug-likeness (QED) is 0.398. The predicted octanol–water partition coefficient (Wildman–Crippen LogP) is 5.69. The molecular formula is C20H19F3O3S2. The molecule has 0 saturated carbocycles. The molecule has 0 aromatic heterocycles. The lowest BCUT2D eigenvalue weighted by molar-refractivity contribution is -0.0500. The standard InChI is InChI=1S/C12H10.C8H7F3O3S.H2S/c1-3-7-11(8-4-1)12-9-5-2-6-10-12;1-6-4-2-3-5-7(6)14-15(12,13)8(9,10)11;/h1-10H;2-5H,1H3;1H2. The molecule has 3 aromatic rings. The van der Waals surface area contributed by atoms with E-state index in [0.717, 1.165) is 6.07 Å². The highest BCUT2D eigenvalue weighted by Crippen LogP contribution is 2.28. The number of para-hydroxylation sites is 1. The van der Waals surface area contributed by atoms with E-state index in [1.165, 1.54) is 30.2 Å². The van der Waals surface area contributed by atoms with Crippen LogP contribution >= 0.6 is 13.5 Å². The van der Waals surface area contributed by atoms with Gasteiger partial charge in [-0.2, -0.15) is 35.1 Å². The normalized spacial score (nSPS) is 10.9. The van der Waals surface area contributed by atoms with Gasteiger partial charge in [0.2, 0.25) is 0 Å². The van der Waals surface area contributed by atoms with Crippen LogP contribution in [-0.2, 0) is 10.1 Å². The Morgan fingerprint density at radius 2 is 1.11 bits per heavy atom. The monoisotopic (exact) mass is 428 g/mol. The second-order valence-corrected chi connectivity index (χ2v) is 7.02. The molecule has 0 radical (unpaired) electrons. The van der Waals surface area contributed by atoms with Gasteiger partial charge in [-0.15, -0.1) is 0 Å². The highest BCUT2D eigenvalue weighted by Gasteiger charge is 2.48. The molecule has 0 aliphatic heterocycles. The van der Waals surface area contributed by atoms with Gasteiger partial charge in [0.05, 0.1) is 0 Å². The van der Waals surface area contributed by atoms with E-state index in [1.54, 1.807) is 6.07 Å². The highest BCUT2D eigenvalue weighted by molar-refractivity contribution is 7.88. The van der Waals surface area contributed by atoms with Crippen LogP contribution in [0, 0.1) is 6.92 Å². The topological polar surface area (TPSA) is 43.4 Å². The number of aryl methyl sites for hydroxylation is 1. The summed E-state index contributed by atoms with van der Waals surface area (Å²) >= 11 is 0. The minimum Gasteiger partial charge on any atom is -0.376 e. The lowest BCUT2D eigenvalue weighted by Crippen LogP contribution is -2.28. The summed E-state index contributed by atoms with van der Waals surface area (Å²) in [6.45, 7) is 1.45. The fraction of sp³-hybridized carbons (Fsp3) is 0.100. The molecule has 3 nitrogen and oxygen atoms in total. The van der Waals surface area contributed by atoms with Crippen molar-refractivity contribution in [1.29, 1.82) is 0 Å². The molecule has 0 heterocycles. The third-order valence-electron chi connectivity index (χ3n) is 3.46. The van der Waals surface area contributed by atoms with Crippen LogP contribution < -0.4 is 4.18 Å². The lowest BCUT2D eigenvalue weighted by Gasteiger charge is -2.10. The Kier molecular flexibility index (Phi) is 8.59. The number of hydrogen-bond donors (Lipinski definition) is 0. The zero-order valence-corrected chi connectivity index (χ0v) is 16.7. The first kappa shape index (κ1) is 23.6. The van der Waals surface area contributed by atoms with Gasteiger partial charge in [-0.25, -0.2) is 0 Å². The van der Waals surface area contributed by atoms with Gasteiger partial charge in [0.1, 0.15) is 5.75 Å². The Labute approximate surface area is 169 Å². The second-order valence-electron chi connectivity index (χ2n) is 5.48. The van der Waals surface area contributed by atoms with Crippen LogP contribution in [-0.4, -0.2) is 13.9 Å². The van der Waals surface area contributed by atoms with Crippen molar-refractivity contribution in [2.75, 3.05) is 0 Å². The van der Waals surface area contributed by atoms with Crippen molar-refractivity contribution in [1.82, 2.24) is 0 Å². The summed E-state index contributed by atoms with van der Waals surface area (Å²) in [6, 6.07) is 26.3. The van der Waals surface area contributed by atoms with Crippen molar-refractivity contribution in [2.45, 2.75) is 12.4 Å². The second kappa shape index (κ2) is 10.2. The SMILES string of the molecule is Cc1ccccc1OS(=O)(=O)C(F)(F)F.S.c1ccc(-c2ccccc2)cc1. The number of alkyl halides is 3. The van der Waals surface area contributed by atoms with Crippen LogP contribution in [0.25, 0.3) is 11.1 Å². The molecule has 28 heavy (non-hydrogen) atoms. The number of rotatable bonds is 3. The smallest absolute Gasteiger partial charge is 0.376 e. The molecule has 8 heteroatoms. The molecule has 0 N–H and O–H groups in total. The summed E-state index contributed by atoms with van der Waals surface area (Å²) in [6.07, 6.45) is 0. The maximum atomic E-state index is 11.9. The van der Waals surface area contributed by atoms with E-state index < -0.39 is 15.6 Å². The molecule has 0 fully saturated rings. The predicted molar refractivity (Wildman–Crippen MR) is 109 cm³/mol. The Morgan fingerprint density at radius 1 is 0.714 bits per heavy atom. The van der Waals surface area contributed by atoms with E-state index in [9.17, 15) is 21.6 Å². The maximum Gasteiger partial charge on any atom is 0.534 e. The Bertz CT molecular complexity index is 921. The third-order valence-corrected chi connectivity index (χ3v) is 4.42. The molecule has 0 spiro atoms. The van der Waals surface area contributed by atoms with E-state index in [0.29, 0.717) is 5.56 Å². The lowest BCUT2D eigenvalue weighted by atomic mass is 10.1. The molecule has 3 aromatic carbocycles. The molecular weight excluding hydrogens is 409 g/mol. The first-order chi connectivity index (χ1) is 12.7. The molecule has 0 atom stereocenters. The molecule has 0 aliphatic rings. The molecule has 0 aliphatic carbocycles. The Hall–Kier alpha value is -2.45. The highest BCUT2D eigenvalue weighted by atomic mass is 32.2. The Balaban J connectivity index is 0.000000275. The molecule has 0 saturated heterocycles. The number of halogens is 3. The average molecular weight is 428 g/mol. The number of hydrogen-bond acceptors (Lipinski definition) is 3. The van der Waals surface area contributed by atoms with Gasteiger partial charge in [-0.05, 0) is 29.7 Å². The van der Waals surface area contributed by atoms with Crippen molar-refractivity contribution in [3.05, 3.63) is 90.5 Å². The van der Waals surface area contributed by atoms with Crippen molar-refractivity contribution >= 4 is 23.6 Å². The van der Waals surface area contributed by atoms with Crippen LogP contribution in [0.15, 0.2) is 84.9 Å². The fourth-order valence-electron chi connectivity index (χ4n) is 2.08. The maximum absolute atomic E-state index is 11.9. The van der Waals surface area contributed by atoms with Crippen LogP contribution in [0.4, 0.5) is 13.2 Å². The zero-order valence-electron chi connectivity index (χ0n) is 14.8. The van der Waals surface area contributed by atoms with Gasteiger partial charge in [0.25, 0.3) is 0 Å². The molecule has 150 valence electrons. The Morgan fingerprint density at radius 3 is 1.50 bits per heavy atom. The average Bonchev–Trinajstić information content (AvgIpc) is 2.65. The zero-order chi connectivity index (χ0) is 19.9. The van der Waals surface area contributed by atoms with Crippen LogP contribution in [0.5, 0.6) is 5.75 Å².